The van der Waals surface area contributed by atoms with Crippen molar-refractivity contribution in [2.45, 2.75) is 38.8 Å². The molecule has 1 amide bonds. The van der Waals surface area contributed by atoms with Gasteiger partial charge in [0.15, 0.2) is 0 Å². The summed E-state index contributed by atoms with van der Waals surface area (Å²) in [5, 5.41) is 0.691. The molecule has 4 heteroatoms. The van der Waals surface area contributed by atoms with E-state index in [-0.39, 0.29) is 17.6 Å². The van der Waals surface area contributed by atoms with Crippen molar-refractivity contribution in [1.29, 1.82) is 0 Å². The number of morpholine rings is 1. The summed E-state index contributed by atoms with van der Waals surface area (Å²) in [5.41, 5.74) is 0.750. The fourth-order valence-corrected chi connectivity index (χ4v) is 2.42. The third-order valence-corrected chi connectivity index (χ3v) is 3.71. The summed E-state index contributed by atoms with van der Waals surface area (Å²) in [7, 11) is 0. The lowest BCUT2D eigenvalue weighted by Crippen LogP contribution is -2.58. The average molecular weight is 282 g/mol. The van der Waals surface area contributed by atoms with E-state index in [0.717, 1.165) is 5.56 Å². The SMILES string of the molecule is CC1CN(C(=O)Cc2ccc(Cl)cc2)C(C)(C)CO1. The first-order valence-corrected chi connectivity index (χ1v) is 6.93. The molecule has 19 heavy (non-hydrogen) atoms. The van der Waals surface area contributed by atoms with E-state index in [1.165, 1.54) is 0 Å². The maximum absolute atomic E-state index is 12.5. The molecule has 0 saturated carbocycles. The highest BCUT2D eigenvalue weighted by atomic mass is 35.5. The highest BCUT2D eigenvalue weighted by Gasteiger charge is 2.36. The van der Waals surface area contributed by atoms with E-state index in [9.17, 15) is 4.79 Å². The van der Waals surface area contributed by atoms with Crippen LogP contribution in [-0.2, 0) is 16.0 Å². The van der Waals surface area contributed by atoms with E-state index in [1.807, 2.05) is 49.9 Å². The van der Waals surface area contributed by atoms with Crippen molar-refractivity contribution < 1.29 is 9.53 Å². The minimum atomic E-state index is -0.240. The summed E-state index contributed by atoms with van der Waals surface area (Å²) in [4.78, 5) is 14.4. The molecule has 0 aromatic heterocycles. The van der Waals surface area contributed by atoms with Gasteiger partial charge in [0, 0.05) is 11.6 Å². The molecule has 104 valence electrons. The van der Waals surface area contributed by atoms with Gasteiger partial charge in [0.25, 0.3) is 0 Å². The second-order valence-electron chi connectivity index (χ2n) is 5.74. The number of hydrogen-bond acceptors (Lipinski definition) is 2. The molecule has 1 saturated heterocycles. The number of carbonyl (C=O) groups excluding carboxylic acids is 1. The van der Waals surface area contributed by atoms with Crippen molar-refractivity contribution >= 4 is 17.5 Å². The number of halogens is 1. The summed E-state index contributed by atoms with van der Waals surface area (Å²) in [5.74, 6) is 0.141. The summed E-state index contributed by atoms with van der Waals surface area (Å²) in [6.07, 6.45) is 0.509. The first kappa shape index (κ1) is 14.4. The molecule has 1 unspecified atom stereocenters. The highest BCUT2D eigenvalue weighted by Crippen LogP contribution is 2.23. The predicted octanol–water partition coefficient (Wildman–Crippen LogP) is 2.91. The maximum atomic E-state index is 12.5. The molecule has 1 fully saturated rings. The van der Waals surface area contributed by atoms with E-state index in [0.29, 0.717) is 24.6 Å². The molecule has 0 aliphatic carbocycles. The zero-order valence-corrected chi connectivity index (χ0v) is 12.4. The zero-order chi connectivity index (χ0) is 14.0. The van der Waals surface area contributed by atoms with Gasteiger partial charge in [-0.3, -0.25) is 4.79 Å². The van der Waals surface area contributed by atoms with Gasteiger partial charge in [-0.1, -0.05) is 23.7 Å². The molecule has 1 atom stereocenters. The summed E-state index contributed by atoms with van der Waals surface area (Å²) >= 11 is 5.85. The molecule has 0 radical (unpaired) electrons. The number of nitrogens with zero attached hydrogens (tertiary/aromatic N) is 1. The molecular weight excluding hydrogens is 262 g/mol. The van der Waals surface area contributed by atoms with Crippen LogP contribution >= 0.6 is 11.6 Å². The Morgan fingerprint density at radius 2 is 2.05 bits per heavy atom. The molecule has 1 aliphatic rings. The van der Waals surface area contributed by atoms with E-state index in [1.54, 1.807) is 0 Å². The lowest BCUT2D eigenvalue weighted by molar-refractivity contribution is -0.152. The number of amides is 1. The molecule has 1 aliphatic heterocycles. The lowest BCUT2D eigenvalue weighted by Gasteiger charge is -2.44. The van der Waals surface area contributed by atoms with Crippen LogP contribution in [0.4, 0.5) is 0 Å². The molecular formula is C15H20ClNO2. The Morgan fingerprint density at radius 3 is 2.68 bits per heavy atom. The highest BCUT2D eigenvalue weighted by molar-refractivity contribution is 6.30. The van der Waals surface area contributed by atoms with Gasteiger partial charge in [0.1, 0.15) is 0 Å². The van der Waals surface area contributed by atoms with Crippen LogP contribution in [0.5, 0.6) is 0 Å². The summed E-state index contributed by atoms with van der Waals surface area (Å²) < 4.78 is 5.63. The second kappa shape index (κ2) is 5.51. The van der Waals surface area contributed by atoms with Crippen LogP contribution in [-0.4, -0.2) is 35.6 Å². The second-order valence-corrected chi connectivity index (χ2v) is 6.18. The number of ether oxygens (including phenoxy) is 1. The van der Waals surface area contributed by atoms with Crippen LogP contribution in [0, 0.1) is 0 Å². The Balaban J connectivity index is 2.07. The van der Waals surface area contributed by atoms with Crippen LogP contribution in [0.2, 0.25) is 5.02 Å². The summed E-state index contributed by atoms with van der Waals surface area (Å²) in [6.45, 7) is 7.31. The Labute approximate surface area is 119 Å². The van der Waals surface area contributed by atoms with Crippen LogP contribution in [0.3, 0.4) is 0 Å². The third-order valence-electron chi connectivity index (χ3n) is 3.46. The molecule has 1 heterocycles. The Morgan fingerprint density at radius 1 is 1.42 bits per heavy atom. The maximum Gasteiger partial charge on any atom is 0.227 e. The quantitative estimate of drug-likeness (QED) is 0.834. The molecule has 3 nitrogen and oxygen atoms in total. The molecule has 0 N–H and O–H groups in total. The van der Waals surface area contributed by atoms with Crippen molar-refractivity contribution in [3.63, 3.8) is 0 Å². The van der Waals surface area contributed by atoms with Gasteiger partial charge in [-0.05, 0) is 38.5 Å². The number of carbonyl (C=O) groups is 1. The first-order chi connectivity index (χ1) is 8.88. The molecule has 2 rings (SSSR count). The fraction of sp³-hybridized carbons (Fsp3) is 0.533. The monoisotopic (exact) mass is 281 g/mol. The van der Waals surface area contributed by atoms with Gasteiger partial charge < -0.3 is 9.64 Å². The summed E-state index contributed by atoms with van der Waals surface area (Å²) in [6, 6.07) is 7.43. The Hall–Kier alpha value is -1.06. The fourth-order valence-electron chi connectivity index (χ4n) is 2.29. The van der Waals surface area contributed by atoms with Gasteiger partial charge in [0.2, 0.25) is 5.91 Å². The number of hydrogen-bond donors (Lipinski definition) is 0. The van der Waals surface area contributed by atoms with Crippen molar-refractivity contribution in [3.05, 3.63) is 34.9 Å². The first-order valence-electron chi connectivity index (χ1n) is 6.55. The number of rotatable bonds is 2. The van der Waals surface area contributed by atoms with Crippen LogP contribution in [0.15, 0.2) is 24.3 Å². The van der Waals surface area contributed by atoms with Gasteiger partial charge in [0.05, 0.1) is 24.7 Å². The van der Waals surface area contributed by atoms with Crippen LogP contribution < -0.4 is 0 Å². The minimum absolute atomic E-state index is 0.0993. The van der Waals surface area contributed by atoms with E-state index in [4.69, 9.17) is 16.3 Å². The van der Waals surface area contributed by atoms with E-state index in [2.05, 4.69) is 0 Å². The average Bonchev–Trinajstić information content (AvgIpc) is 2.35. The largest absolute Gasteiger partial charge is 0.374 e. The van der Waals surface area contributed by atoms with Crippen molar-refractivity contribution in [3.8, 4) is 0 Å². The third kappa shape index (κ3) is 3.48. The molecule has 1 aromatic rings. The van der Waals surface area contributed by atoms with E-state index < -0.39 is 0 Å². The normalized spacial score (nSPS) is 22.3. The predicted molar refractivity (Wildman–Crippen MR) is 76.4 cm³/mol. The zero-order valence-electron chi connectivity index (χ0n) is 11.6. The van der Waals surface area contributed by atoms with Gasteiger partial charge in [-0.25, -0.2) is 0 Å². The van der Waals surface area contributed by atoms with Crippen LogP contribution in [0.25, 0.3) is 0 Å². The Kier molecular flexibility index (Phi) is 4.16. The van der Waals surface area contributed by atoms with Gasteiger partial charge >= 0.3 is 0 Å². The van der Waals surface area contributed by atoms with E-state index >= 15 is 0 Å². The topological polar surface area (TPSA) is 29.5 Å². The minimum Gasteiger partial charge on any atom is -0.374 e. The Bertz CT molecular complexity index is 456. The standard InChI is InChI=1S/C15H20ClNO2/c1-11-9-17(15(2,3)10-19-11)14(18)8-12-4-6-13(16)7-5-12/h4-7,11H,8-10H2,1-3H3. The van der Waals surface area contributed by atoms with Crippen molar-refractivity contribution in [2.75, 3.05) is 13.2 Å². The number of benzene rings is 1. The van der Waals surface area contributed by atoms with Crippen molar-refractivity contribution in [2.24, 2.45) is 0 Å². The lowest BCUT2D eigenvalue weighted by atomic mass is 9.99. The molecule has 1 aromatic carbocycles. The van der Waals surface area contributed by atoms with Crippen molar-refractivity contribution in [1.82, 2.24) is 4.90 Å². The van der Waals surface area contributed by atoms with Gasteiger partial charge in [-0.2, -0.15) is 0 Å². The molecule has 0 bridgehead atoms. The smallest absolute Gasteiger partial charge is 0.227 e. The van der Waals surface area contributed by atoms with Gasteiger partial charge in [-0.15, -0.1) is 0 Å². The van der Waals surface area contributed by atoms with Crippen LogP contribution in [0.1, 0.15) is 26.3 Å². The molecule has 0 spiro atoms.